The standard InChI is InChI=1S/C18H36BNO2/c1-3-4-5-6-7-8-9-10-11-12-13-20-16-14-18(19)22-17(16)15-21-2/h16-18,20H,3-15H2,1-2H3/t16?,17-,18-/m1/s1. The molecule has 3 atom stereocenters. The van der Waals surface area contributed by atoms with Gasteiger partial charge in [0.2, 0.25) is 0 Å². The molecule has 0 spiro atoms. The molecule has 0 aromatic heterocycles. The Morgan fingerprint density at radius 1 is 1.00 bits per heavy atom. The summed E-state index contributed by atoms with van der Waals surface area (Å²) in [4.78, 5) is 0. The summed E-state index contributed by atoms with van der Waals surface area (Å²) in [6, 6.07) is 0.221. The number of ether oxygens (including phenoxy) is 2. The summed E-state index contributed by atoms with van der Waals surface area (Å²) in [6.07, 6.45) is 14.8. The molecule has 0 aromatic carbocycles. The predicted molar refractivity (Wildman–Crippen MR) is 94.5 cm³/mol. The maximum atomic E-state index is 5.86. The van der Waals surface area contributed by atoms with E-state index in [-0.39, 0.29) is 12.1 Å². The highest BCUT2D eigenvalue weighted by molar-refractivity contribution is 6.11. The predicted octanol–water partition coefficient (Wildman–Crippen LogP) is 3.80. The summed E-state index contributed by atoms with van der Waals surface area (Å²) in [5.74, 6) is 0. The van der Waals surface area contributed by atoms with Crippen molar-refractivity contribution in [2.24, 2.45) is 0 Å². The molecule has 1 aliphatic heterocycles. The highest BCUT2D eigenvalue weighted by Crippen LogP contribution is 2.19. The smallest absolute Gasteiger partial charge is 0.109 e. The van der Waals surface area contributed by atoms with Crippen LogP contribution < -0.4 is 5.32 Å². The quantitative estimate of drug-likeness (QED) is 0.391. The first kappa shape index (κ1) is 20.0. The molecule has 3 nitrogen and oxygen atoms in total. The first-order chi connectivity index (χ1) is 10.8. The maximum Gasteiger partial charge on any atom is 0.109 e. The molecule has 0 aliphatic carbocycles. The third-order valence-corrected chi connectivity index (χ3v) is 4.55. The highest BCUT2D eigenvalue weighted by atomic mass is 16.5. The van der Waals surface area contributed by atoms with Crippen LogP contribution in [0.2, 0.25) is 0 Å². The first-order valence-electron chi connectivity index (χ1n) is 9.41. The molecule has 0 aromatic rings. The molecule has 1 aliphatic rings. The van der Waals surface area contributed by atoms with E-state index >= 15 is 0 Å². The second-order valence-electron chi connectivity index (χ2n) is 6.65. The lowest BCUT2D eigenvalue weighted by Crippen LogP contribution is -2.39. The number of nitrogens with one attached hydrogen (secondary N) is 1. The van der Waals surface area contributed by atoms with E-state index in [9.17, 15) is 0 Å². The van der Waals surface area contributed by atoms with Crippen molar-refractivity contribution in [2.75, 3.05) is 20.3 Å². The lowest BCUT2D eigenvalue weighted by Gasteiger charge is -2.19. The van der Waals surface area contributed by atoms with Gasteiger partial charge in [0.15, 0.2) is 0 Å². The van der Waals surface area contributed by atoms with Gasteiger partial charge < -0.3 is 14.8 Å². The van der Waals surface area contributed by atoms with Gasteiger partial charge in [-0.2, -0.15) is 0 Å². The summed E-state index contributed by atoms with van der Waals surface area (Å²) in [7, 11) is 7.57. The van der Waals surface area contributed by atoms with E-state index in [0.29, 0.717) is 12.6 Å². The summed E-state index contributed by atoms with van der Waals surface area (Å²) in [5.41, 5.74) is 0. The largest absolute Gasteiger partial charge is 0.382 e. The van der Waals surface area contributed by atoms with Crippen LogP contribution >= 0.6 is 0 Å². The molecule has 1 unspecified atom stereocenters. The molecular formula is C18H36BNO2. The van der Waals surface area contributed by atoms with Crippen molar-refractivity contribution in [3.8, 4) is 0 Å². The zero-order valence-electron chi connectivity index (χ0n) is 14.8. The lowest BCUT2D eigenvalue weighted by atomic mass is 9.95. The second-order valence-corrected chi connectivity index (χ2v) is 6.65. The average Bonchev–Trinajstić information content (AvgIpc) is 2.85. The molecule has 22 heavy (non-hydrogen) atoms. The van der Waals surface area contributed by atoms with Gasteiger partial charge >= 0.3 is 0 Å². The number of methoxy groups -OCH3 is 1. The van der Waals surface area contributed by atoms with Gasteiger partial charge in [0, 0.05) is 19.2 Å². The van der Waals surface area contributed by atoms with E-state index in [1.807, 2.05) is 0 Å². The van der Waals surface area contributed by atoms with Gasteiger partial charge in [-0.25, -0.2) is 0 Å². The van der Waals surface area contributed by atoms with Crippen LogP contribution in [0.3, 0.4) is 0 Å². The van der Waals surface area contributed by atoms with E-state index in [4.69, 9.17) is 17.3 Å². The SMILES string of the molecule is [B][C@H]1CC(NCCCCCCCCCCCC)[C@@H](COC)O1. The van der Waals surface area contributed by atoms with Crippen LogP contribution in [-0.4, -0.2) is 46.3 Å². The van der Waals surface area contributed by atoms with Crippen molar-refractivity contribution >= 4 is 7.85 Å². The third kappa shape index (κ3) is 9.17. The molecule has 1 N–H and O–H groups in total. The number of hydrogen-bond donors (Lipinski definition) is 1. The van der Waals surface area contributed by atoms with Gasteiger partial charge in [-0.05, 0) is 19.4 Å². The van der Waals surface area contributed by atoms with Crippen LogP contribution in [0.25, 0.3) is 0 Å². The molecular weight excluding hydrogens is 273 g/mol. The molecule has 1 heterocycles. The molecule has 0 saturated carbocycles. The summed E-state index contributed by atoms with van der Waals surface area (Å²) in [6.45, 7) is 3.97. The van der Waals surface area contributed by atoms with Crippen molar-refractivity contribution in [3.05, 3.63) is 0 Å². The van der Waals surface area contributed by atoms with E-state index in [1.165, 1.54) is 64.2 Å². The van der Waals surface area contributed by atoms with Gasteiger partial charge in [-0.1, -0.05) is 64.7 Å². The minimum absolute atomic E-state index is 0.114. The Balaban J connectivity index is 1.88. The van der Waals surface area contributed by atoms with Crippen LogP contribution in [0.1, 0.15) is 77.6 Å². The van der Waals surface area contributed by atoms with Crippen LogP contribution in [0, 0.1) is 0 Å². The fourth-order valence-electron chi connectivity index (χ4n) is 3.21. The molecule has 128 valence electrons. The number of unbranched alkanes of at least 4 members (excludes halogenated alkanes) is 9. The average molecular weight is 309 g/mol. The summed E-state index contributed by atoms with van der Waals surface area (Å²) >= 11 is 0. The number of hydrogen-bond acceptors (Lipinski definition) is 3. The monoisotopic (exact) mass is 309 g/mol. The maximum absolute atomic E-state index is 5.86. The van der Waals surface area contributed by atoms with Crippen molar-refractivity contribution in [1.82, 2.24) is 5.32 Å². The van der Waals surface area contributed by atoms with E-state index in [1.54, 1.807) is 7.11 Å². The molecule has 0 bridgehead atoms. The van der Waals surface area contributed by atoms with Crippen molar-refractivity contribution in [3.63, 3.8) is 0 Å². The van der Waals surface area contributed by atoms with Gasteiger partial charge in [-0.15, -0.1) is 0 Å². The van der Waals surface area contributed by atoms with Gasteiger partial charge in [-0.3, -0.25) is 0 Å². The van der Waals surface area contributed by atoms with Crippen LogP contribution in [0.4, 0.5) is 0 Å². The molecule has 4 heteroatoms. The molecule has 2 radical (unpaired) electrons. The van der Waals surface area contributed by atoms with Crippen molar-refractivity contribution in [2.45, 2.75) is 95.7 Å². The number of rotatable bonds is 14. The van der Waals surface area contributed by atoms with Crippen molar-refractivity contribution < 1.29 is 9.47 Å². The zero-order valence-corrected chi connectivity index (χ0v) is 14.8. The Morgan fingerprint density at radius 2 is 1.59 bits per heavy atom. The Morgan fingerprint density at radius 3 is 2.18 bits per heavy atom. The minimum atomic E-state index is -0.134. The summed E-state index contributed by atoms with van der Waals surface area (Å²) in [5, 5.41) is 3.59. The van der Waals surface area contributed by atoms with E-state index < -0.39 is 0 Å². The topological polar surface area (TPSA) is 30.5 Å². The molecule has 0 amide bonds. The van der Waals surface area contributed by atoms with Gasteiger partial charge in [0.05, 0.1) is 12.7 Å². The van der Waals surface area contributed by atoms with Crippen LogP contribution in [-0.2, 0) is 9.47 Å². The van der Waals surface area contributed by atoms with Crippen LogP contribution in [0.15, 0.2) is 0 Å². The van der Waals surface area contributed by atoms with Gasteiger partial charge in [0.1, 0.15) is 7.85 Å². The van der Waals surface area contributed by atoms with Crippen molar-refractivity contribution in [1.29, 1.82) is 0 Å². The fraction of sp³-hybridized carbons (Fsp3) is 1.00. The highest BCUT2D eigenvalue weighted by Gasteiger charge is 2.31. The summed E-state index contributed by atoms with van der Waals surface area (Å²) < 4.78 is 10.8. The molecule has 1 rings (SSSR count). The lowest BCUT2D eigenvalue weighted by molar-refractivity contribution is 0.0161. The second kappa shape index (κ2) is 13.4. The Bertz CT molecular complexity index is 253. The first-order valence-corrected chi connectivity index (χ1v) is 9.41. The molecule has 1 fully saturated rings. The normalized spacial score (nSPS) is 24.9. The Kier molecular flexibility index (Phi) is 12.2. The van der Waals surface area contributed by atoms with Crippen LogP contribution in [0.5, 0.6) is 0 Å². The third-order valence-electron chi connectivity index (χ3n) is 4.55. The molecule has 1 saturated heterocycles. The minimum Gasteiger partial charge on any atom is -0.382 e. The van der Waals surface area contributed by atoms with E-state index in [2.05, 4.69) is 12.2 Å². The Labute approximate surface area is 139 Å². The fourth-order valence-corrected chi connectivity index (χ4v) is 3.21. The zero-order chi connectivity index (χ0) is 16.0. The Hall–Kier alpha value is -0.0551. The van der Waals surface area contributed by atoms with E-state index in [0.717, 1.165) is 13.0 Å². The van der Waals surface area contributed by atoms with Gasteiger partial charge in [0.25, 0.3) is 0 Å².